The van der Waals surface area contributed by atoms with Gasteiger partial charge in [0.1, 0.15) is 11.3 Å². The van der Waals surface area contributed by atoms with Crippen molar-refractivity contribution in [3.05, 3.63) is 58.1 Å². The van der Waals surface area contributed by atoms with Crippen LogP contribution in [-0.4, -0.2) is 87.6 Å². The number of hydrogen-bond acceptors (Lipinski definition) is 9. The summed E-state index contributed by atoms with van der Waals surface area (Å²) in [6.07, 6.45) is 2.56. The molecule has 2 fully saturated rings. The van der Waals surface area contributed by atoms with Gasteiger partial charge in [-0.3, -0.25) is 4.79 Å². The summed E-state index contributed by atoms with van der Waals surface area (Å²) in [6.45, 7) is 1.74. The van der Waals surface area contributed by atoms with Crippen molar-refractivity contribution in [3.8, 4) is 11.1 Å². The third-order valence-corrected chi connectivity index (χ3v) is 8.93. The first kappa shape index (κ1) is 27.7. The number of aliphatic hydroxyl groups is 2. The average Bonchev–Trinajstić information content (AvgIpc) is 3.68. The second-order valence-electron chi connectivity index (χ2n) is 11.6. The number of anilines is 2. The molecule has 4 aromatic heterocycles. The molecule has 6 heterocycles. The number of likely N-dealkylation sites (N-methyl/N-ethyl adjacent to an activating group) is 1. The summed E-state index contributed by atoms with van der Waals surface area (Å²) < 4.78 is 38.4. The van der Waals surface area contributed by atoms with Crippen LogP contribution in [0.2, 0.25) is 0 Å². The van der Waals surface area contributed by atoms with Crippen molar-refractivity contribution >= 4 is 44.3 Å². The standard InChI is InChI=1S/C30H31F2N7O4/c1-33-19-6-18(31)24(32)22-23-26(39-10-16-20(37(2)3)12-43-21(16)11-39)15(8-34-28(23)36-25(19)22)13-5-14-27(40)17(30(41)42)9-38(4)29(14)35-7-13/h5-9,16,20-21,30,33,41-42H,10-12H2,1-4H3,(H,34,36)/t16-,20?,21?/m1/s1. The van der Waals surface area contributed by atoms with E-state index in [-0.39, 0.29) is 34.4 Å². The summed E-state index contributed by atoms with van der Waals surface area (Å²) in [5.74, 6) is -1.80. The number of nitrogens with one attached hydrogen (secondary N) is 2. The number of aliphatic hydroxyl groups excluding tert-OH is 1. The van der Waals surface area contributed by atoms with Gasteiger partial charge in [-0.25, -0.2) is 18.7 Å². The molecule has 0 aliphatic carbocycles. The molecule has 2 saturated heterocycles. The van der Waals surface area contributed by atoms with Crippen LogP contribution in [-0.2, 0) is 11.8 Å². The molecule has 13 heteroatoms. The molecule has 5 aromatic rings. The summed E-state index contributed by atoms with van der Waals surface area (Å²) >= 11 is 0. The van der Waals surface area contributed by atoms with E-state index in [0.717, 1.165) is 6.07 Å². The molecule has 1 aromatic carbocycles. The lowest BCUT2D eigenvalue weighted by molar-refractivity contribution is -0.0435. The molecule has 7 rings (SSSR count). The van der Waals surface area contributed by atoms with E-state index in [1.807, 2.05) is 14.1 Å². The van der Waals surface area contributed by atoms with E-state index < -0.39 is 23.4 Å². The Bertz CT molecular complexity index is 1990. The van der Waals surface area contributed by atoms with Crippen molar-refractivity contribution in [2.24, 2.45) is 13.0 Å². The second-order valence-corrected chi connectivity index (χ2v) is 11.6. The van der Waals surface area contributed by atoms with E-state index in [2.05, 4.69) is 30.1 Å². The van der Waals surface area contributed by atoms with Crippen LogP contribution in [0, 0.1) is 17.6 Å². The van der Waals surface area contributed by atoms with Crippen LogP contribution in [0.3, 0.4) is 0 Å². The Balaban J connectivity index is 1.52. The molecule has 2 aliphatic heterocycles. The lowest BCUT2D eigenvalue weighted by atomic mass is 9.99. The Morgan fingerprint density at radius 3 is 2.67 bits per heavy atom. The number of aromatic amines is 1. The van der Waals surface area contributed by atoms with Crippen LogP contribution < -0.4 is 15.6 Å². The highest BCUT2D eigenvalue weighted by Gasteiger charge is 2.45. The number of H-pyrrole nitrogens is 1. The molecule has 0 amide bonds. The normalized spacial score (nSPS) is 20.4. The fourth-order valence-corrected chi connectivity index (χ4v) is 6.81. The van der Waals surface area contributed by atoms with Crippen molar-refractivity contribution < 1.29 is 23.7 Å². The molecular formula is C30H31F2N7O4. The van der Waals surface area contributed by atoms with Crippen LogP contribution in [0.5, 0.6) is 0 Å². The molecule has 0 saturated carbocycles. The largest absolute Gasteiger partial charge is 0.386 e. The summed E-state index contributed by atoms with van der Waals surface area (Å²) in [6, 6.07) is 2.93. The molecule has 2 unspecified atom stereocenters. The van der Waals surface area contributed by atoms with E-state index in [1.54, 1.807) is 37.1 Å². The van der Waals surface area contributed by atoms with Gasteiger partial charge < -0.3 is 39.6 Å². The maximum Gasteiger partial charge on any atom is 0.199 e. The van der Waals surface area contributed by atoms with Crippen LogP contribution in [0.4, 0.5) is 20.2 Å². The highest BCUT2D eigenvalue weighted by atomic mass is 19.2. The van der Waals surface area contributed by atoms with E-state index in [0.29, 0.717) is 64.4 Å². The SMILES string of the molecule is CNc1cc(F)c(F)c2c1[nH]c1ncc(-c3cnc4c(c3)c(=O)c(C(O)O)cn4C)c(N3CC4OCC(N(C)C)[C@H]4C3)c12. The van der Waals surface area contributed by atoms with Gasteiger partial charge in [0.2, 0.25) is 0 Å². The highest BCUT2D eigenvalue weighted by Crippen LogP contribution is 2.46. The number of aryl methyl sites for hydroxylation is 1. The molecule has 4 N–H and O–H groups in total. The smallest absolute Gasteiger partial charge is 0.199 e. The van der Waals surface area contributed by atoms with Gasteiger partial charge in [-0.05, 0) is 20.2 Å². The highest BCUT2D eigenvalue weighted by molar-refractivity contribution is 6.18. The Hall–Kier alpha value is -4.17. The van der Waals surface area contributed by atoms with Crippen LogP contribution in [0.25, 0.3) is 44.1 Å². The average molecular weight is 592 g/mol. The molecule has 0 radical (unpaired) electrons. The third kappa shape index (κ3) is 4.10. The van der Waals surface area contributed by atoms with Gasteiger partial charge in [-0.1, -0.05) is 0 Å². The number of aromatic nitrogens is 4. The number of benzene rings is 1. The molecule has 0 bridgehead atoms. The van der Waals surface area contributed by atoms with Crippen molar-refractivity contribution in [3.63, 3.8) is 0 Å². The van der Waals surface area contributed by atoms with Crippen LogP contribution >= 0.6 is 0 Å². The predicted octanol–water partition coefficient (Wildman–Crippen LogP) is 2.70. The van der Waals surface area contributed by atoms with Gasteiger partial charge >= 0.3 is 0 Å². The first-order valence-corrected chi connectivity index (χ1v) is 14.0. The lowest BCUT2D eigenvalue weighted by Gasteiger charge is -2.27. The summed E-state index contributed by atoms with van der Waals surface area (Å²) in [5, 5.41) is 23.2. The number of nitrogens with zero attached hydrogens (tertiary/aromatic N) is 5. The number of pyridine rings is 3. The Morgan fingerprint density at radius 2 is 1.95 bits per heavy atom. The number of ether oxygens (including phenoxy) is 1. The van der Waals surface area contributed by atoms with Gasteiger partial charge in [0.25, 0.3) is 0 Å². The van der Waals surface area contributed by atoms with Crippen molar-refractivity contribution in [1.29, 1.82) is 0 Å². The minimum atomic E-state index is -1.96. The quantitative estimate of drug-likeness (QED) is 0.228. The second kappa shape index (κ2) is 9.95. The lowest BCUT2D eigenvalue weighted by Crippen LogP contribution is -2.37. The minimum Gasteiger partial charge on any atom is -0.386 e. The Labute approximate surface area is 244 Å². The first-order valence-electron chi connectivity index (χ1n) is 14.0. The Morgan fingerprint density at radius 1 is 1.16 bits per heavy atom. The zero-order chi connectivity index (χ0) is 30.3. The van der Waals surface area contributed by atoms with E-state index in [4.69, 9.17) is 4.74 Å². The van der Waals surface area contributed by atoms with Crippen molar-refractivity contribution in [2.75, 3.05) is 51.1 Å². The number of rotatable bonds is 5. The first-order chi connectivity index (χ1) is 20.6. The van der Waals surface area contributed by atoms with Gasteiger partial charge in [-0.2, -0.15) is 0 Å². The molecule has 3 atom stereocenters. The summed E-state index contributed by atoms with van der Waals surface area (Å²) in [5.41, 5.74) is 2.46. The number of hydrogen-bond donors (Lipinski definition) is 4. The zero-order valence-corrected chi connectivity index (χ0v) is 24.0. The Kier molecular flexibility index (Phi) is 6.40. The van der Waals surface area contributed by atoms with E-state index in [1.165, 1.54) is 6.20 Å². The molecule has 224 valence electrons. The van der Waals surface area contributed by atoms with E-state index >= 15 is 4.39 Å². The number of halogens is 2. The van der Waals surface area contributed by atoms with Gasteiger partial charge in [0.15, 0.2) is 23.4 Å². The maximum absolute atomic E-state index is 15.7. The fraction of sp³-hybridized carbons (Fsp3) is 0.367. The molecule has 11 nitrogen and oxygen atoms in total. The molecular weight excluding hydrogens is 560 g/mol. The maximum atomic E-state index is 15.7. The topological polar surface area (TPSA) is 132 Å². The van der Waals surface area contributed by atoms with Crippen LogP contribution in [0.15, 0.2) is 35.5 Å². The minimum absolute atomic E-state index is 0.0567. The monoisotopic (exact) mass is 591 g/mol. The van der Waals surface area contributed by atoms with E-state index in [9.17, 15) is 19.4 Å². The van der Waals surface area contributed by atoms with Gasteiger partial charge in [0.05, 0.1) is 51.3 Å². The molecule has 43 heavy (non-hydrogen) atoms. The van der Waals surface area contributed by atoms with Gasteiger partial charge in [0, 0.05) is 74.9 Å². The van der Waals surface area contributed by atoms with Crippen LogP contribution in [0.1, 0.15) is 11.9 Å². The molecule has 0 spiro atoms. The zero-order valence-electron chi connectivity index (χ0n) is 24.0. The third-order valence-electron chi connectivity index (χ3n) is 8.93. The van der Waals surface area contributed by atoms with Gasteiger partial charge in [-0.15, -0.1) is 0 Å². The number of fused-ring (bicyclic) bond motifs is 5. The predicted molar refractivity (Wildman–Crippen MR) is 159 cm³/mol. The van der Waals surface area contributed by atoms with Crippen molar-refractivity contribution in [2.45, 2.75) is 18.4 Å². The van der Waals surface area contributed by atoms with Crippen molar-refractivity contribution in [1.82, 2.24) is 24.4 Å². The summed E-state index contributed by atoms with van der Waals surface area (Å²) in [7, 11) is 7.33. The fourth-order valence-electron chi connectivity index (χ4n) is 6.81. The molecule has 2 aliphatic rings. The summed E-state index contributed by atoms with van der Waals surface area (Å²) in [4.78, 5) is 29.9.